The molecule has 0 aliphatic heterocycles. The third kappa shape index (κ3) is 4.40. The fraction of sp³-hybridized carbons (Fsp3) is 0.160. The maximum atomic E-state index is 6.84. The van der Waals surface area contributed by atoms with E-state index in [9.17, 15) is 0 Å². The van der Waals surface area contributed by atoms with E-state index < -0.39 is 0 Å². The van der Waals surface area contributed by atoms with E-state index in [1.165, 1.54) is 105 Å². The van der Waals surface area contributed by atoms with Crippen LogP contribution in [-0.2, 0) is 0 Å². The minimum absolute atomic E-state index is 0.913. The maximum Gasteiger partial charge on any atom is 0.143 e. The highest BCUT2D eigenvalue weighted by Gasteiger charge is 2.26. The molecule has 0 N–H and O–H groups in total. The van der Waals surface area contributed by atoms with E-state index in [1.54, 1.807) is 0 Å². The number of rotatable bonds is 3. The second kappa shape index (κ2) is 11.4. The lowest BCUT2D eigenvalue weighted by Crippen LogP contribution is -2.03. The summed E-state index contributed by atoms with van der Waals surface area (Å²) in [6.07, 6.45) is 0. The summed E-state index contributed by atoms with van der Waals surface area (Å²) >= 11 is 0. The van der Waals surface area contributed by atoms with Crippen molar-refractivity contribution in [1.29, 1.82) is 0 Å². The summed E-state index contributed by atoms with van der Waals surface area (Å²) in [5.41, 5.74) is 20.3. The lowest BCUT2D eigenvalue weighted by atomic mass is 9.76. The molecule has 0 amide bonds. The van der Waals surface area contributed by atoms with Crippen LogP contribution in [0.15, 0.2) is 114 Å². The fourth-order valence-electron chi connectivity index (χ4n) is 8.93. The molecule has 0 unspecified atom stereocenters. The Morgan fingerprint density at radius 1 is 0.333 bits per heavy atom. The summed E-state index contributed by atoms with van der Waals surface area (Å²) in [7, 11) is 0. The van der Waals surface area contributed by atoms with E-state index in [-0.39, 0.29) is 0 Å². The van der Waals surface area contributed by atoms with Crippen LogP contribution in [0.3, 0.4) is 0 Å². The highest BCUT2D eigenvalue weighted by Crippen LogP contribution is 2.51. The Bertz CT molecular complexity index is 2820. The molecule has 1 nitrogen and oxygen atoms in total. The van der Waals surface area contributed by atoms with Crippen molar-refractivity contribution in [2.24, 2.45) is 0 Å². The number of furan rings is 1. The summed E-state index contributed by atoms with van der Waals surface area (Å²) in [5.74, 6) is 0. The normalized spacial score (nSPS) is 11.9. The zero-order chi connectivity index (χ0) is 35.3. The molecule has 0 radical (unpaired) electrons. The van der Waals surface area contributed by atoms with Gasteiger partial charge in [0.05, 0.1) is 0 Å². The molecule has 0 aliphatic carbocycles. The highest BCUT2D eigenvalue weighted by atomic mass is 16.3. The molecule has 9 rings (SSSR count). The van der Waals surface area contributed by atoms with Crippen LogP contribution in [0.25, 0.3) is 87.6 Å². The molecule has 51 heavy (non-hydrogen) atoms. The fourth-order valence-corrected chi connectivity index (χ4v) is 8.93. The van der Waals surface area contributed by atoms with Crippen LogP contribution in [0.1, 0.15) is 44.5 Å². The van der Waals surface area contributed by atoms with Gasteiger partial charge in [-0.2, -0.15) is 0 Å². The number of benzene rings is 8. The van der Waals surface area contributed by atoms with Gasteiger partial charge >= 0.3 is 0 Å². The molecule has 0 fully saturated rings. The summed E-state index contributed by atoms with van der Waals surface area (Å²) in [5, 5.41) is 10.2. The predicted molar refractivity (Wildman–Crippen MR) is 220 cm³/mol. The Morgan fingerprint density at radius 2 is 0.784 bits per heavy atom. The first kappa shape index (κ1) is 31.3. The second-order valence-electron chi connectivity index (χ2n) is 14.6. The summed E-state index contributed by atoms with van der Waals surface area (Å²) < 4.78 is 6.84. The minimum atomic E-state index is 0.913. The molecule has 0 saturated carbocycles. The Hall–Kier alpha value is -5.66. The van der Waals surface area contributed by atoms with Crippen LogP contribution < -0.4 is 0 Å². The molecule has 248 valence electrons. The molecular formula is C50H42O. The zero-order valence-electron chi connectivity index (χ0n) is 30.8. The van der Waals surface area contributed by atoms with Crippen LogP contribution in [0.2, 0.25) is 0 Å². The summed E-state index contributed by atoms with van der Waals surface area (Å²) in [6, 6.07) is 39.7. The number of hydrogen-bond acceptors (Lipinski definition) is 1. The van der Waals surface area contributed by atoms with Gasteiger partial charge in [0.1, 0.15) is 11.2 Å². The van der Waals surface area contributed by atoms with E-state index in [4.69, 9.17) is 4.42 Å². The molecule has 0 bridgehead atoms. The van der Waals surface area contributed by atoms with Crippen LogP contribution in [0.4, 0.5) is 0 Å². The molecule has 1 heterocycles. The molecular weight excluding hydrogens is 617 g/mol. The third-order valence-electron chi connectivity index (χ3n) is 12.3. The van der Waals surface area contributed by atoms with Crippen molar-refractivity contribution in [3.8, 4) is 33.4 Å². The van der Waals surface area contributed by atoms with Gasteiger partial charge in [0.15, 0.2) is 0 Å². The van der Waals surface area contributed by atoms with Crippen LogP contribution in [-0.4, -0.2) is 0 Å². The standard InChI is InChI=1S/C50H42O/c1-27-29(3)33(7)45-43(31(27)5)48(36-19-13-10-14-20-36)44-32(6)28(2)30(4)34(8)46(44)49(45)38-23-24-42-40(26-38)41-25-37-21-15-16-22-39(37)47(50(41)51-42)35-17-11-9-12-18-35/h9-26H,1-8H3. The maximum absolute atomic E-state index is 6.84. The van der Waals surface area contributed by atoms with Gasteiger partial charge in [-0.25, -0.2) is 0 Å². The van der Waals surface area contributed by atoms with E-state index in [0.29, 0.717) is 0 Å². The number of fused-ring (bicyclic) bond motifs is 6. The van der Waals surface area contributed by atoms with Crippen molar-refractivity contribution in [2.45, 2.75) is 55.4 Å². The largest absolute Gasteiger partial charge is 0.455 e. The van der Waals surface area contributed by atoms with Gasteiger partial charge in [-0.15, -0.1) is 0 Å². The molecule has 1 heteroatoms. The van der Waals surface area contributed by atoms with Crippen molar-refractivity contribution in [2.75, 3.05) is 0 Å². The van der Waals surface area contributed by atoms with Gasteiger partial charge in [0.2, 0.25) is 0 Å². The molecule has 0 atom stereocenters. The molecule has 1 aromatic heterocycles. The van der Waals surface area contributed by atoms with Crippen LogP contribution in [0, 0.1) is 55.4 Å². The van der Waals surface area contributed by atoms with Crippen molar-refractivity contribution in [3.05, 3.63) is 154 Å². The van der Waals surface area contributed by atoms with Crippen molar-refractivity contribution >= 4 is 54.3 Å². The van der Waals surface area contributed by atoms with Crippen molar-refractivity contribution < 1.29 is 4.42 Å². The second-order valence-corrected chi connectivity index (χ2v) is 14.6. The smallest absolute Gasteiger partial charge is 0.143 e. The van der Waals surface area contributed by atoms with Crippen molar-refractivity contribution in [1.82, 2.24) is 0 Å². The Kier molecular flexibility index (Phi) is 7.03. The molecule has 8 aromatic carbocycles. The average molecular weight is 659 g/mol. The lowest BCUT2D eigenvalue weighted by Gasteiger charge is -2.27. The van der Waals surface area contributed by atoms with Crippen molar-refractivity contribution in [3.63, 3.8) is 0 Å². The first-order valence-corrected chi connectivity index (χ1v) is 18.1. The summed E-state index contributed by atoms with van der Waals surface area (Å²) in [6.45, 7) is 18.5. The molecule has 0 aliphatic rings. The first-order chi connectivity index (χ1) is 24.7. The van der Waals surface area contributed by atoms with Gasteiger partial charge in [-0.05, 0) is 178 Å². The highest BCUT2D eigenvalue weighted by molar-refractivity contribution is 6.26. The zero-order valence-corrected chi connectivity index (χ0v) is 30.8. The van der Waals surface area contributed by atoms with Gasteiger partial charge in [-0.3, -0.25) is 0 Å². The molecule has 0 spiro atoms. The topological polar surface area (TPSA) is 13.1 Å². The van der Waals surface area contributed by atoms with Gasteiger partial charge in [-0.1, -0.05) is 91.0 Å². The lowest BCUT2D eigenvalue weighted by molar-refractivity contribution is 0.670. The third-order valence-corrected chi connectivity index (χ3v) is 12.3. The van der Waals surface area contributed by atoms with E-state index in [0.717, 1.165) is 27.5 Å². The Morgan fingerprint density at radius 3 is 1.31 bits per heavy atom. The van der Waals surface area contributed by atoms with E-state index >= 15 is 0 Å². The Balaban J connectivity index is 1.50. The first-order valence-electron chi connectivity index (χ1n) is 18.1. The summed E-state index contributed by atoms with van der Waals surface area (Å²) in [4.78, 5) is 0. The predicted octanol–water partition coefficient (Wildman–Crippen LogP) is 14.5. The van der Waals surface area contributed by atoms with Crippen LogP contribution >= 0.6 is 0 Å². The Labute approximate surface area is 300 Å². The van der Waals surface area contributed by atoms with Gasteiger partial charge in [0, 0.05) is 16.3 Å². The number of hydrogen-bond donors (Lipinski definition) is 0. The molecule has 9 aromatic rings. The van der Waals surface area contributed by atoms with Crippen LogP contribution in [0.5, 0.6) is 0 Å². The average Bonchev–Trinajstić information content (AvgIpc) is 3.53. The minimum Gasteiger partial charge on any atom is -0.455 e. The SMILES string of the molecule is Cc1c(C)c(C)c2c(-c3ccc4oc5c(-c6ccccc6)c6ccccc6cc5c4c3)c3c(C)c(C)c(C)c(C)c3c(-c3ccccc3)c2c1C. The quantitative estimate of drug-likeness (QED) is 0.172. The van der Waals surface area contributed by atoms with E-state index in [2.05, 4.69) is 165 Å². The van der Waals surface area contributed by atoms with E-state index in [1.807, 2.05) is 0 Å². The monoisotopic (exact) mass is 658 g/mol. The van der Waals surface area contributed by atoms with Gasteiger partial charge < -0.3 is 4.42 Å². The van der Waals surface area contributed by atoms with Gasteiger partial charge in [0.25, 0.3) is 0 Å². The molecule has 0 saturated heterocycles. The number of aryl methyl sites for hydroxylation is 4.